The highest BCUT2D eigenvalue weighted by Crippen LogP contribution is 2.24. The van der Waals surface area contributed by atoms with E-state index in [1.807, 2.05) is 23.6 Å². The number of carbonyl (C=O) groups excluding carboxylic acids is 1. The van der Waals surface area contributed by atoms with Crippen molar-refractivity contribution in [2.75, 3.05) is 13.7 Å². The molecule has 0 aliphatic heterocycles. The molecule has 18 heavy (non-hydrogen) atoms. The smallest absolute Gasteiger partial charge is 0.211 e. The van der Waals surface area contributed by atoms with Crippen LogP contribution in [0.25, 0.3) is 0 Å². The van der Waals surface area contributed by atoms with Crippen LogP contribution in [-0.2, 0) is 0 Å². The number of methoxy groups -OCH3 is 1. The number of thiophene rings is 1. The van der Waals surface area contributed by atoms with Gasteiger partial charge in [-0.2, -0.15) is 0 Å². The van der Waals surface area contributed by atoms with Crippen molar-refractivity contribution >= 4 is 33.0 Å². The average molecular weight is 327 g/mol. The lowest BCUT2D eigenvalue weighted by Crippen LogP contribution is -2.10. The molecule has 0 saturated carbocycles. The summed E-state index contributed by atoms with van der Waals surface area (Å²) in [4.78, 5) is 12.6. The van der Waals surface area contributed by atoms with E-state index < -0.39 is 0 Å². The fourth-order valence-electron chi connectivity index (χ4n) is 1.40. The van der Waals surface area contributed by atoms with Gasteiger partial charge in [0.25, 0.3) is 0 Å². The van der Waals surface area contributed by atoms with Gasteiger partial charge in [0.2, 0.25) is 5.78 Å². The first-order valence-electron chi connectivity index (χ1n) is 5.24. The Balaban J connectivity index is 1.99. The molecule has 1 aromatic carbocycles. The van der Waals surface area contributed by atoms with Crippen molar-refractivity contribution < 1.29 is 14.3 Å². The maximum absolute atomic E-state index is 11.9. The number of ketones is 1. The van der Waals surface area contributed by atoms with Crippen molar-refractivity contribution in [3.63, 3.8) is 0 Å². The van der Waals surface area contributed by atoms with E-state index in [0.717, 1.165) is 4.47 Å². The van der Waals surface area contributed by atoms with Crippen LogP contribution in [0.5, 0.6) is 11.5 Å². The van der Waals surface area contributed by atoms with Crippen molar-refractivity contribution in [1.82, 2.24) is 0 Å². The molecule has 0 amide bonds. The van der Waals surface area contributed by atoms with Crippen LogP contribution in [0.2, 0.25) is 0 Å². The molecule has 0 spiro atoms. The van der Waals surface area contributed by atoms with Crippen LogP contribution in [-0.4, -0.2) is 19.5 Å². The Hall–Kier alpha value is -1.33. The van der Waals surface area contributed by atoms with Gasteiger partial charge < -0.3 is 9.47 Å². The number of benzene rings is 1. The fraction of sp³-hybridized carbons (Fsp3) is 0.154. The van der Waals surface area contributed by atoms with Gasteiger partial charge >= 0.3 is 0 Å². The minimum atomic E-state index is -0.0419. The van der Waals surface area contributed by atoms with Crippen LogP contribution in [0.1, 0.15) is 9.67 Å². The zero-order valence-corrected chi connectivity index (χ0v) is 12.1. The predicted molar refractivity (Wildman–Crippen MR) is 74.8 cm³/mol. The maximum Gasteiger partial charge on any atom is 0.211 e. The Morgan fingerprint density at radius 1 is 1.33 bits per heavy atom. The Morgan fingerprint density at radius 2 is 2.11 bits per heavy atom. The molecule has 1 heterocycles. The first-order chi connectivity index (χ1) is 8.70. The molecule has 0 radical (unpaired) electrons. The van der Waals surface area contributed by atoms with Crippen LogP contribution < -0.4 is 9.47 Å². The monoisotopic (exact) mass is 326 g/mol. The number of carbonyl (C=O) groups is 1. The lowest BCUT2D eigenvalue weighted by Gasteiger charge is -2.06. The molecule has 0 fully saturated rings. The summed E-state index contributed by atoms with van der Waals surface area (Å²) >= 11 is 4.73. The van der Waals surface area contributed by atoms with E-state index in [1.54, 1.807) is 19.2 Å². The second kappa shape index (κ2) is 6.02. The van der Waals surface area contributed by atoms with Gasteiger partial charge in [0.05, 0.1) is 12.0 Å². The van der Waals surface area contributed by atoms with E-state index in [0.29, 0.717) is 16.4 Å². The number of hydrogen-bond acceptors (Lipinski definition) is 4. The molecule has 94 valence electrons. The highest BCUT2D eigenvalue weighted by atomic mass is 79.9. The molecule has 0 N–H and O–H groups in total. The van der Waals surface area contributed by atoms with E-state index in [9.17, 15) is 4.79 Å². The van der Waals surface area contributed by atoms with Crippen LogP contribution in [0.3, 0.4) is 0 Å². The Kier molecular flexibility index (Phi) is 4.38. The van der Waals surface area contributed by atoms with Gasteiger partial charge in [-0.1, -0.05) is 6.07 Å². The lowest BCUT2D eigenvalue weighted by atomic mass is 10.3. The quantitative estimate of drug-likeness (QED) is 0.784. The molecule has 0 aliphatic rings. The van der Waals surface area contributed by atoms with E-state index in [1.165, 1.54) is 11.3 Å². The first kappa shape index (κ1) is 13.1. The molecule has 0 saturated heterocycles. The molecule has 5 heteroatoms. The number of rotatable bonds is 5. The van der Waals surface area contributed by atoms with E-state index in [4.69, 9.17) is 9.47 Å². The molecular weight excluding hydrogens is 316 g/mol. The number of hydrogen-bond donors (Lipinski definition) is 0. The fourth-order valence-corrected chi connectivity index (χ4v) is 2.92. The van der Waals surface area contributed by atoms with Crippen LogP contribution in [0, 0.1) is 0 Å². The summed E-state index contributed by atoms with van der Waals surface area (Å²) in [7, 11) is 1.59. The summed E-state index contributed by atoms with van der Waals surface area (Å²) in [6.45, 7) is 0.0201. The largest absolute Gasteiger partial charge is 0.497 e. The predicted octanol–water partition coefficient (Wildman–Crippen LogP) is 3.78. The molecule has 0 aliphatic carbocycles. The van der Waals surface area contributed by atoms with Crippen molar-refractivity contribution in [3.8, 4) is 11.5 Å². The zero-order valence-electron chi connectivity index (χ0n) is 9.68. The first-order valence-corrected chi connectivity index (χ1v) is 6.91. The van der Waals surface area contributed by atoms with Gasteiger partial charge in [0.15, 0.2) is 6.61 Å². The number of Topliss-reactive ketones (excluding diaryl/α,β-unsaturated/α-hetero) is 1. The minimum Gasteiger partial charge on any atom is -0.497 e. The van der Waals surface area contributed by atoms with Crippen LogP contribution in [0.4, 0.5) is 0 Å². The van der Waals surface area contributed by atoms with Gasteiger partial charge in [0, 0.05) is 10.5 Å². The normalized spacial score (nSPS) is 10.1. The zero-order chi connectivity index (χ0) is 13.0. The van der Waals surface area contributed by atoms with Gasteiger partial charge in [-0.3, -0.25) is 4.79 Å². The maximum atomic E-state index is 11.9. The average Bonchev–Trinajstić information content (AvgIpc) is 2.82. The highest BCUT2D eigenvalue weighted by Gasteiger charge is 2.12. The lowest BCUT2D eigenvalue weighted by molar-refractivity contribution is 0.0924. The molecule has 0 unspecified atom stereocenters. The van der Waals surface area contributed by atoms with Crippen LogP contribution in [0.15, 0.2) is 40.2 Å². The molecule has 2 rings (SSSR count). The molecule has 0 bridgehead atoms. The van der Waals surface area contributed by atoms with Crippen molar-refractivity contribution in [1.29, 1.82) is 0 Å². The Morgan fingerprint density at radius 3 is 2.78 bits per heavy atom. The number of ether oxygens (including phenoxy) is 2. The summed E-state index contributed by atoms with van der Waals surface area (Å²) in [6, 6.07) is 9.03. The Bertz CT molecular complexity index is 551. The summed E-state index contributed by atoms with van der Waals surface area (Å²) in [5, 5.41) is 1.86. The third-order valence-electron chi connectivity index (χ3n) is 2.28. The standard InChI is InChI=1S/C13H11BrO3S/c1-16-9-3-2-4-10(7-9)17-8-12(15)13-11(14)5-6-18-13/h2-7H,8H2,1H3. The van der Waals surface area contributed by atoms with E-state index in [-0.39, 0.29) is 12.4 Å². The number of halogens is 1. The second-order valence-corrected chi connectivity index (χ2v) is 5.26. The Labute approximate surface area is 117 Å². The SMILES string of the molecule is COc1cccc(OCC(=O)c2sccc2Br)c1. The summed E-state index contributed by atoms with van der Waals surface area (Å²) in [6.07, 6.45) is 0. The molecule has 0 atom stereocenters. The van der Waals surface area contributed by atoms with Gasteiger partial charge in [-0.05, 0) is 39.5 Å². The summed E-state index contributed by atoms with van der Waals surface area (Å²) in [5.41, 5.74) is 0. The van der Waals surface area contributed by atoms with E-state index >= 15 is 0 Å². The van der Waals surface area contributed by atoms with Gasteiger partial charge in [-0.25, -0.2) is 0 Å². The van der Waals surface area contributed by atoms with Crippen molar-refractivity contribution in [3.05, 3.63) is 45.1 Å². The third kappa shape index (κ3) is 3.11. The minimum absolute atomic E-state index is 0.0201. The van der Waals surface area contributed by atoms with E-state index in [2.05, 4.69) is 15.9 Å². The van der Waals surface area contributed by atoms with Gasteiger partial charge in [-0.15, -0.1) is 11.3 Å². The van der Waals surface area contributed by atoms with Gasteiger partial charge in [0.1, 0.15) is 11.5 Å². The molecular formula is C13H11BrO3S. The summed E-state index contributed by atoms with van der Waals surface area (Å²) in [5.74, 6) is 1.28. The highest BCUT2D eigenvalue weighted by molar-refractivity contribution is 9.10. The topological polar surface area (TPSA) is 35.5 Å². The summed E-state index contributed by atoms with van der Waals surface area (Å²) < 4.78 is 11.3. The third-order valence-corrected chi connectivity index (χ3v) is 4.16. The molecule has 1 aromatic heterocycles. The van der Waals surface area contributed by atoms with Crippen LogP contribution >= 0.6 is 27.3 Å². The van der Waals surface area contributed by atoms with Crippen molar-refractivity contribution in [2.45, 2.75) is 0 Å². The molecule has 2 aromatic rings. The molecule has 3 nitrogen and oxygen atoms in total. The second-order valence-electron chi connectivity index (χ2n) is 3.49. The van der Waals surface area contributed by atoms with Crippen molar-refractivity contribution in [2.24, 2.45) is 0 Å².